The molecule has 3 aromatic rings. The minimum atomic E-state index is -0.0681. The normalized spacial score (nSPS) is 10.8. The molecule has 6 nitrogen and oxygen atoms in total. The van der Waals surface area contributed by atoms with Gasteiger partial charge in [0.2, 0.25) is 5.91 Å². The Morgan fingerprint density at radius 1 is 1.27 bits per heavy atom. The smallest absolute Gasteiger partial charge is 0.272 e. The van der Waals surface area contributed by atoms with Crippen LogP contribution in [0.25, 0.3) is 10.2 Å². The fourth-order valence-electron chi connectivity index (χ4n) is 2.63. The van der Waals surface area contributed by atoms with Crippen LogP contribution in [0.3, 0.4) is 0 Å². The maximum absolute atomic E-state index is 12.4. The summed E-state index contributed by atoms with van der Waals surface area (Å²) in [6, 6.07) is 9.04. The Morgan fingerprint density at radius 2 is 2.04 bits per heavy atom. The summed E-state index contributed by atoms with van der Waals surface area (Å²) in [6.45, 7) is 0.498. The number of rotatable bonds is 7. The third-order valence-corrected chi connectivity index (χ3v) is 5.23. The summed E-state index contributed by atoms with van der Waals surface area (Å²) in [7, 11) is 1.60. The van der Waals surface area contributed by atoms with E-state index in [2.05, 4.69) is 10.3 Å². The van der Waals surface area contributed by atoms with Crippen LogP contribution >= 0.6 is 23.6 Å². The fourth-order valence-corrected chi connectivity index (χ4v) is 3.71. The number of aromatic nitrogens is 2. The number of H-pyrrole nitrogens is 1. The van der Waals surface area contributed by atoms with Crippen molar-refractivity contribution in [3.05, 3.63) is 50.8 Å². The van der Waals surface area contributed by atoms with Crippen LogP contribution in [0.5, 0.6) is 5.75 Å². The number of hydrogen-bond acceptors (Lipinski definition) is 5. The molecule has 26 heavy (non-hydrogen) atoms. The lowest BCUT2D eigenvalue weighted by Crippen LogP contribution is -2.21. The third-order valence-electron chi connectivity index (χ3n) is 4.00. The zero-order valence-electron chi connectivity index (χ0n) is 14.3. The molecule has 0 spiro atoms. The molecule has 0 fully saturated rings. The Labute approximate surface area is 159 Å². The van der Waals surface area contributed by atoms with Crippen LogP contribution in [-0.2, 0) is 11.3 Å². The van der Waals surface area contributed by atoms with Gasteiger partial charge in [-0.05, 0) is 60.8 Å². The Kier molecular flexibility index (Phi) is 5.85. The molecular weight excluding hydrogens is 370 g/mol. The Hall–Kier alpha value is -2.45. The number of aromatic amines is 1. The minimum absolute atomic E-state index is 0.0543. The molecule has 0 saturated heterocycles. The largest absolute Gasteiger partial charge is 0.497 e. The number of fused-ring (bicyclic) bond motifs is 1. The number of ether oxygens (including phenoxy) is 1. The number of anilines is 1. The number of nitrogens with one attached hydrogen (secondary N) is 2. The highest BCUT2D eigenvalue weighted by Gasteiger charge is 2.07. The lowest BCUT2D eigenvalue weighted by Gasteiger charge is -2.08. The van der Waals surface area contributed by atoms with E-state index in [-0.39, 0.29) is 11.5 Å². The molecule has 3 rings (SSSR count). The summed E-state index contributed by atoms with van der Waals surface area (Å²) in [5.41, 5.74) is 1.44. The molecule has 0 aliphatic carbocycles. The Morgan fingerprint density at radius 3 is 2.77 bits per heavy atom. The van der Waals surface area contributed by atoms with E-state index in [1.165, 1.54) is 11.3 Å². The minimum Gasteiger partial charge on any atom is -0.497 e. The summed E-state index contributed by atoms with van der Waals surface area (Å²) in [4.78, 5) is 27.5. The van der Waals surface area contributed by atoms with Crippen molar-refractivity contribution in [1.82, 2.24) is 9.55 Å². The van der Waals surface area contributed by atoms with Crippen molar-refractivity contribution in [2.45, 2.75) is 25.8 Å². The third kappa shape index (κ3) is 4.20. The van der Waals surface area contributed by atoms with E-state index in [1.54, 1.807) is 35.9 Å². The molecule has 2 N–H and O–H groups in total. The van der Waals surface area contributed by atoms with Gasteiger partial charge in [-0.15, -0.1) is 11.3 Å². The van der Waals surface area contributed by atoms with Crippen molar-refractivity contribution < 1.29 is 9.53 Å². The quantitative estimate of drug-likeness (QED) is 0.474. The van der Waals surface area contributed by atoms with E-state index < -0.39 is 0 Å². The number of carbonyl (C=O) groups excluding carboxylic acids is 1. The molecule has 2 heterocycles. The van der Waals surface area contributed by atoms with Gasteiger partial charge in [0.25, 0.3) is 5.56 Å². The molecule has 0 aliphatic heterocycles. The zero-order valence-corrected chi connectivity index (χ0v) is 15.9. The molecule has 8 heteroatoms. The second-order valence-corrected chi connectivity index (χ2v) is 7.09. The Bertz CT molecular complexity index is 1020. The fraction of sp³-hybridized carbons (Fsp3) is 0.278. The van der Waals surface area contributed by atoms with E-state index in [0.29, 0.717) is 35.3 Å². The highest BCUT2D eigenvalue weighted by molar-refractivity contribution is 7.71. The van der Waals surface area contributed by atoms with Gasteiger partial charge in [-0.3, -0.25) is 14.2 Å². The first kappa shape index (κ1) is 18.3. The molecule has 2 aromatic heterocycles. The van der Waals surface area contributed by atoms with Crippen molar-refractivity contribution in [3.63, 3.8) is 0 Å². The van der Waals surface area contributed by atoms with E-state index in [0.717, 1.165) is 17.0 Å². The monoisotopic (exact) mass is 389 g/mol. The van der Waals surface area contributed by atoms with Crippen LogP contribution < -0.4 is 15.6 Å². The maximum Gasteiger partial charge on any atom is 0.272 e. The van der Waals surface area contributed by atoms with Crippen LogP contribution in [0, 0.1) is 4.77 Å². The first-order chi connectivity index (χ1) is 12.6. The highest BCUT2D eigenvalue weighted by Crippen LogP contribution is 2.16. The average molecular weight is 390 g/mol. The maximum atomic E-state index is 12.4. The van der Waals surface area contributed by atoms with Gasteiger partial charge in [0.05, 0.1) is 12.6 Å². The molecule has 1 aromatic carbocycles. The SMILES string of the molecule is COc1ccc(NC(=O)CCCCn2c(=S)[nH]c3ccsc3c2=O)cc1. The number of unbranched alkanes of at least 4 members (excludes halogenated alkanes) is 1. The molecule has 0 bridgehead atoms. The lowest BCUT2D eigenvalue weighted by molar-refractivity contribution is -0.116. The number of thiophene rings is 1. The lowest BCUT2D eigenvalue weighted by atomic mass is 10.2. The molecule has 0 radical (unpaired) electrons. The van der Waals surface area contributed by atoms with Crippen LogP contribution in [-0.4, -0.2) is 22.6 Å². The molecule has 0 aliphatic rings. The number of amides is 1. The van der Waals surface area contributed by atoms with Gasteiger partial charge in [0.1, 0.15) is 10.4 Å². The van der Waals surface area contributed by atoms with Crippen LogP contribution in [0.4, 0.5) is 5.69 Å². The molecule has 0 saturated carbocycles. The van der Waals surface area contributed by atoms with Crippen LogP contribution in [0.15, 0.2) is 40.5 Å². The van der Waals surface area contributed by atoms with Crippen molar-refractivity contribution in [1.29, 1.82) is 0 Å². The van der Waals surface area contributed by atoms with Crippen molar-refractivity contribution in [2.24, 2.45) is 0 Å². The summed E-state index contributed by atoms with van der Waals surface area (Å²) >= 11 is 6.66. The van der Waals surface area contributed by atoms with Crippen LogP contribution in [0.1, 0.15) is 19.3 Å². The predicted octanol–water partition coefficient (Wildman–Crippen LogP) is 3.94. The van der Waals surface area contributed by atoms with Gasteiger partial charge in [-0.1, -0.05) is 0 Å². The van der Waals surface area contributed by atoms with Crippen LogP contribution in [0.2, 0.25) is 0 Å². The summed E-state index contributed by atoms with van der Waals surface area (Å²) < 4.78 is 7.75. The van der Waals surface area contributed by atoms with Gasteiger partial charge >= 0.3 is 0 Å². The van der Waals surface area contributed by atoms with E-state index in [1.807, 2.05) is 11.4 Å². The summed E-state index contributed by atoms with van der Waals surface area (Å²) in [6.07, 6.45) is 1.76. The first-order valence-electron chi connectivity index (χ1n) is 8.22. The zero-order chi connectivity index (χ0) is 18.5. The van der Waals surface area contributed by atoms with E-state index >= 15 is 0 Å². The van der Waals surface area contributed by atoms with Gasteiger partial charge in [-0.25, -0.2) is 0 Å². The molecule has 0 unspecified atom stereocenters. The average Bonchev–Trinajstić information content (AvgIpc) is 3.10. The second-order valence-electron chi connectivity index (χ2n) is 5.78. The van der Waals surface area contributed by atoms with Crippen molar-refractivity contribution >= 4 is 45.4 Å². The number of benzene rings is 1. The Balaban J connectivity index is 1.51. The first-order valence-corrected chi connectivity index (χ1v) is 9.51. The van der Waals surface area contributed by atoms with Gasteiger partial charge < -0.3 is 15.0 Å². The topological polar surface area (TPSA) is 76.1 Å². The number of hydrogen-bond donors (Lipinski definition) is 2. The number of nitrogens with zero attached hydrogens (tertiary/aromatic N) is 1. The number of carbonyl (C=O) groups is 1. The van der Waals surface area contributed by atoms with E-state index in [9.17, 15) is 9.59 Å². The van der Waals surface area contributed by atoms with Crippen molar-refractivity contribution in [3.8, 4) is 5.75 Å². The molecule has 1 amide bonds. The highest BCUT2D eigenvalue weighted by atomic mass is 32.1. The van der Waals surface area contributed by atoms with Crippen molar-refractivity contribution in [2.75, 3.05) is 12.4 Å². The van der Waals surface area contributed by atoms with Gasteiger partial charge in [-0.2, -0.15) is 0 Å². The summed E-state index contributed by atoms with van der Waals surface area (Å²) in [5, 5.41) is 4.71. The molecule has 0 atom stereocenters. The predicted molar refractivity (Wildman–Crippen MR) is 107 cm³/mol. The standard InChI is InChI=1S/C18H19N3O3S2/c1-24-13-7-5-12(6-8-13)19-15(22)4-2-3-10-21-17(23)16-14(9-11-26-16)20-18(21)25/h5-9,11H,2-4,10H2,1H3,(H,19,22)(H,20,25). The van der Waals surface area contributed by atoms with Gasteiger partial charge in [0.15, 0.2) is 4.77 Å². The molecule has 136 valence electrons. The number of methoxy groups -OCH3 is 1. The van der Waals surface area contributed by atoms with E-state index in [4.69, 9.17) is 17.0 Å². The van der Waals surface area contributed by atoms with Gasteiger partial charge in [0, 0.05) is 18.7 Å². The summed E-state index contributed by atoms with van der Waals surface area (Å²) in [5.74, 6) is 0.689. The second kappa shape index (κ2) is 8.29. The molecular formula is C18H19N3O3S2.